The summed E-state index contributed by atoms with van der Waals surface area (Å²) < 4.78 is 16.3. The van der Waals surface area contributed by atoms with Crippen LogP contribution in [0.25, 0.3) is 0 Å². The Morgan fingerprint density at radius 3 is 2.49 bits per heavy atom. The number of carbonyl (C=O) groups excluding carboxylic acids is 3. The van der Waals surface area contributed by atoms with Crippen molar-refractivity contribution in [3.8, 4) is 5.75 Å². The topological polar surface area (TPSA) is 91.3 Å². The number of hydrogen-bond acceptors (Lipinski definition) is 8. The smallest absolute Gasteiger partial charge is 0.336 e. The van der Waals surface area contributed by atoms with Gasteiger partial charge in [-0.1, -0.05) is 18.2 Å². The summed E-state index contributed by atoms with van der Waals surface area (Å²) in [6.07, 6.45) is 0.369. The maximum Gasteiger partial charge on any atom is 0.336 e. The van der Waals surface area contributed by atoms with Crippen LogP contribution in [0.3, 0.4) is 0 Å². The maximum absolute atomic E-state index is 14.2. The second-order valence-electron chi connectivity index (χ2n) is 8.52. The molecular formula is C27H29NO6S. The highest BCUT2D eigenvalue weighted by molar-refractivity contribution is 7.08. The number of allylic oxidation sites excluding steroid dienone is 1. The van der Waals surface area contributed by atoms with E-state index in [1.165, 1.54) is 11.3 Å². The number of ketones is 1. The summed E-state index contributed by atoms with van der Waals surface area (Å²) in [6, 6.07) is 9.30. The van der Waals surface area contributed by atoms with Crippen LogP contribution in [0.15, 0.2) is 57.4 Å². The van der Waals surface area contributed by atoms with E-state index in [9.17, 15) is 14.4 Å². The molecule has 0 radical (unpaired) electrons. The second kappa shape index (κ2) is 10.6. The Kier molecular flexibility index (Phi) is 7.50. The van der Waals surface area contributed by atoms with Crippen molar-refractivity contribution in [2.75, 3.05) is 20.3 Å². The van der Waals surface area contributed by atoms with Crippen LogP contribution >= 0.6 is 11.3 Å². The van der Waals surface area contributed by atoms with Gasteiger partial charge in [0.1, 0.15) is 11.7 Å². The predicted molar refractivity (Wildman–Crippen MR) is 133 cm³/mol. The highest BCUT2D eigenvalue weighted by atomic mass is 32.1. The number of fused-ring (bicyclic) bond motifs is 1. The van der Waals surface area contributed by atoms with E-state index in [1.807, 2.05) is 41.1 Å². The minimum absolute atomic E-state index is 0.161. The van der Waals surface area contributed by atoms with Gasteiger partial charge in [-0.05, 0) is 61.2 Å². The molecule has 2 aliphatic rings. The van der Waals surface area contributed by atoms with Crippen molar-refractivity contribution >= 4 is 34.8 Å². The zero-order valence-corrected chi connectivity index (χ0v) is 21.1. The molecule has 184 valence electrons. The summed E-state index contributed by atoms with van der Waals surface area (Å²) in [6.45, 7) is 5.60. The normalized spacial score (nSPS) is 23.9. The first-order valence-electron chi connectivity index (χ1n) is 11.7. The number of para-hydroxylation sites is 1. The fourth-order valence-electron chi connectivity index (χ4n) is 5.23. The molecule has 0 amide bonds. The summed E-state index contributed by atoms with van der Waals surface area (Å²) in [5.74, 6) is -3.62. The van der Waals surface area contributed by atoms with Crippen LogP contribution in [0, 0.1) is 11.8 Å². The minimum Gasteiger partial charge on any atom is -0.496 e. The highest BCUT2D eigenvalue weighted by Crippen LogP contribution is 2.49. The molecule has 2 heterocycles. The van der Waals surface area contributed by atoms with E-state index in [1.54, 1.807) is 27.9 Å². The van der Waals surface area contributed by atoms with Gasteiger partial charge in [-0.15, -0.1) is 0 Å². The molecule has 1 aromatic carbocycles. The van der Waals surface area contributed by atoms with Crippen LogP contribution in [0.1, 0.15) is 50.2 Å². The van der Waals surface area contributed by atoms with E-state index in [4.69, 9.17) is 19.2 Å². The van der Waals surface area contributed by atoms with E-state index in [2.05, 4.69) is 0 Å². The van der Waals surface area contributed by atoms with Gasteiger partial charge in [0.2, 0.25) is 0 Å². The molecule has 1 saturated carbocycles. The first-order chi connectivity index (χ1) is 16.9. The van der Waals surface area contributed by atoms with Gasteiger partial charge in [0.25, 0.3) is 0 Å². The lowest BCUT2D eigenvalue weighted by atomic mass is 9.62. The highest BCUT2D eigenvalue weighted by Gasteiger charge is 2.53. The molecule has 7 nitrogen and oxygen atoms in total. The summed E-state index contributed by atoms with van der Waals surface area (Å²) >= 11 is 1.49. The van der Waals surface area contributed by atoms with E-state index in [0.29, 0.717) is 29.2 Å². The molecule has 4 rings (SSSR count). The van der Waals surface area contributed by atoms with Gasteiger partial charge in [0.15, 0.2) is 5.78 Å². The molecule has 0 spiro atoms. The third-order valence-electron chi connectivity index (χ3n) is 6.63. The molecule has 0 bridgehead atoms. The number of hydrogen-bond donors (Lipinski definition) is 0. The van der Waals surface area contributed by atoms with Crippen molar-refractivity contribution in [3.63, 3.8) is 0 Å². The first-order valence-corrected chi connectivity index (χ1v) is 12.7. The zero-order valence-electron chi connectivity index (χ0n) is 20.3. The van der Waals surface area contributed by atoms with Crippen molar-refractivity contribution in [2.24, 2.45) is 16.8 Å². The average molecular weight is 496 g/mol. The fourth-order valence-corrected chi connectivity index (χ4v) is 5.93. The van der Waals surface area contributed by atoms with Gasteiger partial charge in [-0.3, -0.25) is 14.6 Å². The van der Waals surface area contributed by atoms with Crippen LogP contribution in [0.4, 0.5) is 0 Å². The number of nitrogens with zero attached hydrogens (tertiary/aromatic N) is 1. The summed E-state index contributed by atoms with van der Waals surface area (Å²) in [7, 11) is 1.56. The van der Waals surface area contributed by atoms with Gasteiger partial charge in [-0.25, -0.2) is 4.79 Å². The van der Waals surface area contributed by atoms with E-state index in [-0.39, 0.29) is 19.0 Å². The number of esters is 2. The molecule has 2 aromatic rings. The van der Waals surface area contributed by atoms with Crippen LogP contribution in [-0.2, 0) is 23.9 Å². The summed E-state index contributed by atoms with van der Waals surface area (Å²) in [4.78, 5) is 45.2. The summed E-state index contributed by atoms with van der Waals surface area (Å²) in [5.41, 5.74) is 3.15. The Morgan fingerprint density at radius 2 is 1.83 bits per heavy atom. The fraction of sp³-hybridized carbons (Fsp3) is 0.407. The van der Waals surface area contributed by atoms with Gasteiger partial charge >= 0.3 is 11.9 Å². The molecule has 8 heteroatoms. The van der Waals surface area contributed by atoms with Crippen molar-refractivity contribution in [3.05, 3.63) is 63.5 Å². The van der Waals surface area contributed by atoms with Crippen molar-refractivity contribution in [1.82, 2.24) is 0 Å². The standard InChI is InChI=1S/C27H29NO6S/c1-5-33-26(30)21-15(3)28-19-13-18(17-9-7-8-10-20(17)32-4)23(27(31)34-6-2)25(29)24(19)22(21)16-11-12-35-14-16/h7-12,14,18,22-24H,5-6,13H2,1-4H3/t18-,22-,23+,24?/m1/s1. The van der Waals surface area contributed by atoms with Gasteiger partial charge in [0, 0.05) is 23.2 Å². The molecule has 1 aliphatic carbocycles. The van der Waals surface area contributed by atoms with E-state index in [0.717, 1.165) is 11.1 Å². The first kappa shape index (κ1) is 24.9. The third-order valence-corrected chi connectivity index (χ3v) is 7.33. The van der Waals surface area contributed by atoms with Crippen molar-refractivity contribution in [2.45, 2.75) is 39.0 Å². The van der Waals surface area contributed by atoms with E-state index < -0.39 is 35.6 Å². The number of rotatable bonds is 7. The van der Waals surface area contributed by atoms with Crippen molar-refractivity contribution in [1.29, 1.82) is 0 Å². The number of benzene rings is 1. The maximum atomic E-state index is 14.2. The van der Waals surface area contributed by atoms with Crippen LogP contribution < -0.4 is 4.74 Å². The molecule has 0 saturated heterocycles. The molecule has 35 heavy (non-hydrogen) atoms. The van der Waals surface area contributed by atoms with E-state index >= 15 is 0 Å². The minimum atomic E-state index is -1.04. The molecule has 1 fully saturated rings. The lowest BCUT2D eigenvalue weighted by Crippen LogP contribution is -2.48. The summed E-state index contributed by atoms with van der Waals surface area (Å²) in [5, 5.41) is 3.84. The number of aliphatic imine (C=N–C) groups is 1. The Balaban J connectivity index is 1.88. The Bertz CT molecular complexity index is 1180. The van der Waals surface area contributed by atoms with Crippen LogP contribution in [0.5, 0.6) is 5.75 Å². The number of methoxy groups -OCH3 is 1. The SMILES string of the molecule is CCOC(=O)C1=C(C)N=C2C[C@H](c3ccccc3OC)[C@H](C(=O)OCC)C(=O)C2[C@@H]1c1ccsc1. The molecular weight excluding hydrogens is 466 g/mol. The number of thiophene rings is 1. The molecule has 1 aromatic heterocycles. The number of ether oxygens (including phenoxy) is 3. The Hall–Kier alpha value is -3.26. The zero-order chi connectivity index (χ0) is 25.1. The van der Waals surface area contributed by atoms with Crippen LogP contribution in [0.2, 0.25) is 0 Å². The lowest BCUT2D eigenvalue weighted by molar-refractivity contribution is -0.153. The average Bonchev–Trinajstić information content (AvgIpc) is 3.38. The second-order valence-corrected chi connectivity index (χ2v) is 9.30. The third kappa shape index (κ3) is 4.55. The largest absolute Gasteiger partial charge is 0.496 e. The molecule has 4 atom stereocenters. The van der Waals surface area contributed by atoms with Crippen LogP contribution in [-0.4, -0.2) is 43.8 Å². The van der Waals surface area contributed by atoms with Gasteiger partial charge in [0.05, 0.1) is 31.8 Å². The van der Waals surface area contributed by atoms with Crippen molar-refractivity contribution < 1.29 is 28.6 Å². The molecule has 0 N–H and O–H groups in total. The van der Waals surface area contributed by atoms with Gasteiger partial charge < -0.3 is 14.2 Å². The predicted octanol–water partition coefficient (Wildman–Crippen LogP) is 4.68. The Labute approximate surface area is 208 Å². The number of Topliss-reactive ketones (excluding diaryl/α,β-unsaturated/α-hetero) is 1. The number of carbonyl (C=O) groups is 3. The Morgan fingerprint density at radius 1 is 1.09 bits per heavy atom. The van der Waals surface area contributed by atoms with Gasteiger partial charge in [-0.2, -0.15) is 11.3 Å². The molecule has 1 unspecified atom stereocenters. The molecule has 1 aliphatic heterocycles. The monoisotopic (exact) mass is 495 g/mol. The lowest BCUT2D eigenvalue weighted by Gasteiger charge is -2.41. The quantitative estimate of drug-likeness (QED) is 0.409.